The molecule has 1 fully saturated rings. The molecule has 38 heavy (non-hydrogen) atoms. The van der Waals surface area contributed by atoms with Crippen molar-refractivity contribution in [2.24, 2.45) is 0 Å². The number of terminal acetylenes is 1. The van der Waals surface area contributed by atoms with E-state index in [1.165, 1.54) is 6.33 Å². The number of allylic oxidation sites excluding steroid dienone is 1. The smallest absolute Gasteiger partial charge is 0.159 e. The van der Waals surface area contributed by atoms with Gasteiger partial charge in [0.25, 0.3) is 0 Å². The molecule has 0 unspecified atom stereocenters. The van der Waals surface area contributed by atoms with Crippen LogP contribution >= 0.6 is 0 Å². The van der Waals surface area contributed by atoms with Crippen molar-refractivity contribution in [3.8, 4) is 18.1 Å². The Labute approximate surface area is 225 Å². The van der Waals surface area contributed by atoms with E-state index >= 15 is 0 Å². The second-order valence-electron chi connectivity index (χ2n) is 9.50. The zero-order valence-corrected chi connectivity index (χ0v) is 22.3. The molecule has 7 heteroatoms. The van der Waals surface area contributed by atoms with Crippen LogP contribution in [0.4, 0.5) is 11.5 Å². The lowest BCUT2D eigenvalue weighted by Gasteiger charge is -2.18. The number of ether oxygens (including phenoxy) is 2. The van der Waals surface area contributed by atoms with Crippen molar-refractivity contribution in [3.05, 3.63) is 66.0 Å². The van der Waals surface area contributed by atoms with Gasteiger partial charge in [0.15, 0.2) is 5.78 Å². The summed E-state index contributed by atoms with van der Waals surface area (Å²) < 4.78 is 11.8. The number of anilines is 2. The standard InChI is InChI=1S/C31H36N4O3/c1-4-13-35(14-5-2)15-8-11-26(36)18-24-19-28-29(20-30(24)38-27-12-16-37-21-27)32-22-33-31(28)34-25-10-7-9-23(6-3)17-25/h3,7-11,17,19-20,22,27H,4-5,12-16,18,21H2,1-2H3,(H,32,33,34)/b11-8+/t27-/m0/s1. The zero-order valence-electron chi connectivity index (χ0n) is 22.3. The van der Waals surface area contributed by atoms with Crippen LogP contribution in [0.5, 0.6) is 5.75 Å². The summed E-state index contributed by atoms with van der Waals surface area (Å²) in [5.41, 5.74) is 3.13. The minimum atomic E-state index is -0.0422. The van der Waals surface area contributed by atoms with Gasteiger partial charge < -0.3 is 14.8 Å². The number of benzene rings is 2. The van der Waals surface area contributed by atoms with E-state index in [0.717, 1.165) is 66.6 Å². The highest BCUT2D eigenvalue weighted by Gasteiger charge is 2.21. The first-order valence-corrected chi connectivity index (χ1v) is 13.4. The van der Waals surface area contributed by atoms with E-state index in [-0.39, 0.29) is 18.3 Å². The Kier molecular flexibility index (Phi) is 9.85. The summed E-state index contributed by atoms with van der Waals surface area (Å²) >= 11 is 0. The average molecular weight is 513 g/mol. The van der Waals surface area contributed by atoms with E-state index < -0.39 is 0 Å². The number of rotatable bonds is 13. The SMILES string of the molecule is C#Cc1cccc(Nc2ncnc3cc(O[C@H]4CCOC4)c(CC(=O)/C=C/CN(CCC)CCC)cc23)c1. The fourth-order valence-electron chi connectivity index (χ4n) is 4.59. The van der Waals surface area contributed by atoms with Crippen LogP contribution in [-0.4, -0.2) is 59.6 Å². The number of fused-ring (bicyclic) bond motifs is 1. The van der Waals surface area contributed by atoms with Crippen molar-refractivity contribution in [2.75, 3.05) is 38.2 Å². The fourth-order valence-corrected chi connectivity index (χ4v) is 4.59. The van der Waals surface area contributed by atoms with Gasteiger partial charge in [-0.3, -0.25) is 9.69 Å². The Morgan fingerprint density at radius 3 is 2.82 bits per heavy atom. The van der Waals surface area contributed by atoms with Crippen LogP contribution < -0.4 is 10.1 Å². The van der Waals surface area contributed by atoms with Gasteiger partial charge in [-0.25, -0.2) is 9.97 Å². The van der Waals surface area contributed by atoms with Crippen LogP contribution in [0.3, 0.4) is 0 Å². The zero-order chi connectivity index (χ0) is 26.7. The molecule has 4 rings (SSSR count). The lowest BCUT2D eigenvalue weighted by atomic mass is 10.0. The number of carbonyl (C=O) groups excluding carboxylic acids is 1. The molecule has 1 aliphatic heterocycles. The van der Waals surface area contributed by atoms with Gasteiger partial charge in [0.1, 0.15) is 24.0 Å². The first-order chi connectivity index (χ1) is 18.6. The molecule has 198 valence electrons. The van der Waals surface area contributed by atoms with Gasteiger partial charge in [-0.15, -0.1) is 6.42 Å². The monoisotopic (exact) mass is 512 g/mol. The Bertz CT molecular complexity index is 1300. The molecule has 1 aliphatic rings. The third-order valence-corrected chi connectivity index (χ3v) is 6.40. The highest BCUT2D eigenvalue weighted by atomic mass is 16.5. The number of aromatic nitrogens is 2. The Morgan fingerprint density at radius 2 is 2.08 bits per heavy atom. The topological polar surface area (TPSA) is 76.6 Å². The first kappa shape index (κ1) is 27.3. The minimum absolute atomic E-state index is 0.0258. The molecule has 1 saturated heterocycles. The highest BCUT2D eigenvalue weighted by molar-refractivity contribution is 5.96. The highest BCUT2D eigenvalue weighted by Crippen LogP contribution is 2.32. The summed E-state index contributed by atoms with van der Waals surface area (Å²) in [5, 5.41) is 4.16. The van der Waals surface area contributed by atoms with Gasteiger partial charge in [0.2, 0.25) is 0 Å². The number of ketones is 1. The molecule has 1 aromatic heterocycles. The van der Waals surface area contributed by atoms with Crippen molar-refractivity contribution in [1.29, 1.82) is 0 Å². The lowest BCUT2D eigenvalue weighted by molar-refractivity contribution is -0.114. The predicted molar refractivity (Wildman–Crippen MR) is 152 cm³/mol. The van der Waals surface area contributed by atoms with Crippen LogP contribution in [0.15, 0.2) is 54.9 Å². The van der Waals surface area contributed by atoms with Crippen molar-refractivity contribution in [3.63, 3.8) is 0 Å². The van der Waals surface area contributed by atoms with Crippen molar-refractivity contribution in [2.45, 2.75) is 45.6 Å². The largest absolute Gasteiger partial charge is 0.488 e. The van der Waals surface area contributed by atoms with Crippen molar-refractivity contribution in [1.82, 2.24) is 14.9 Å². The first-order valence-electron chi connectivity index (χ1n) is 13.4. The predicted octanol–water partition coefficient (Wildman–Crippen LogP) is 5.31. The summed E-state index contributed by atoms with van der Waals surface area (Å²) in [5.74, 6) is 3.98. The normalized spacial score (nSPS) is 15.3. The molecule has 0 spiro atoms. The van der Waals surface area contributed by atoms with E-state index in [0.29, 0.717) is 24.8 Å². The molecule has 0 aliphatic carbocycles. The van der Waals surface area contributed by atoms with Crippen LogP contribution in [0.25, 0.3) is 10.9 Å². The fraction of sp³-hybridized carbons (Fsp3) is 0.387. The van der Waals surface area contributed by atoms with Gasteiger partial charge in [-0.2, -0.15) is 0 Å². The molecule has 7 nitrogen and oxygen atoms in total. The summed E-state index contributed by atoms with van der Waals surface area (Å²) in [7, 11) is 0. The van der Waals surface area contributed by atoms with Gasteiger partial charge in [-0.05, 0) is 56.3 Å². The Morgan fingerprint density at radius 1 is 1.24 bits per heavy atom. The maximum atomic E-state index is 13.0. The van der Waals surface area contributed by atoms with Gasteiger partial charge in [0.05, 0.1) is 18.7 Å². The number of nitrogens with one attached hydrogen (secondary N) is 1. The quantitative estimate of drug-likeness (QED) is 0.246. The maximum absolute atomic E-state index is 13.0. The van der Waals surface area contributed by atoms with Crippen molar-refractivity contribution < 1.29 is 14.3 Å². The second kappa shape index (κ2) is 13.7. The molecule has 0 saturated carbocycles. The van der Waals surface area contributed by atoms with E-state index in [1.807, 2.05) is 42.5 Å². The van der Waals surface area contributed by atoms with Crippen LogP contribution in [0.2, 0.25) is 0 Å². The van der Waals surface area contributed by atoms with E-state index in [9.17, 15) is 4.79 Å². The molecule has 2 heterocycles. The molecule has 0 amide bonds. The molecule has 3 aromatic rings. The maximum Gasteiger partial charge on any atom is 0.159 e. The number of carbonyl (C=O) groups is 1. The summed E-state index contributed by atoms with van der Waals surface area (Å²) in [6.07, 6.45) is 13.9. The van der Waals surface area contributed by atoms with Gasteiger partial charge >= 0.3 is 0 Å². The Hall–Kier alpha value is -3.73. The lowest BCUT2D eigenvalue weighted by Crippen LogP contribution is -2.25. The summed E-state index contributed by atoms with van der Waals surface area (Å²) in [6, 6.07) is 11.5. The molecule has 0 bridgehead atoms. The summed E-state index contributed by atoms with van der Waals surface area (Å²) in [6.45, 7) is 8.38. The number of hydrogen-bond donors (Lipinski definition) is 1. The average Bonchev–Trinajstić information content (AvgIpc) is 3.43. The van der Waals surface area contributed by atoms with Crippen molar-refractivity contribution >= 4 is 28.2 Å². The molecule has 2 aromatic carbocycles. The van der Waals surface area contributed by atoms with E-state index in [1.54, 1.807) is 6.08 Å². The third kappa shape index (κ3) is 7.41. The Balaban J connectivity index is 1.61. The minimum Gasteiger partial charge on any atom is -0.488 e. The van der Waals surface area contributed by atoms with E-state index in [4.69, 9.17) is 15.9 Å². The summed E-state index contributed by atoms with van der Waals surface area (Å²) in [4.78, 5) is 24.3. The number of hydrogen-bond acceptors (Lipinski definition) is 7. The van der Waals surface area contributed by atoms with Gasteiger partial charge in [0, 0.05) is 47.7 Å². The third-order valence-electron chi connectivity index (χ3n) is 6.40. The van der Waals surface area contributed by atoms with Crippen LogP contribution in [-0.2, 0) is 16.0 Å². The molecular formula is C31H36N4O3. The molecule has 0 radical (unpaired) electrons. The molecule has 1 atom stereocenters. The second-order valence-corrected chi connectivity index (χ2v) is 9.50. The molecule has 1 N–H and O–H groups in total. The van der Waals surface area contributed by atoms with Gasteiger partial charge in [-0.1, -0.05) is 31.9 Å². The van der Waals surface area contributed by atoms with E-state index in [2.05, 4.69) is 40.0 Å². The van der Waals surface area contributed by atoms with Crippen LogP contribution in [0, 0.1) is 12.3 Å². The molecular weight excluding hydrogens is 476 g/mol. The number of nitrogens with zero attached hydrogens (tertiary/aromatic N) is 3. The van der Waals surface area contributed by atoms with Crippen LogP contribution in [0.1, 0.15) is 44.2 Å².